The first-order valence-corrected chi connectivity index (χ1v) is 15.2. The van der Waals surface area contributed by atoms with Gasteiger partial charge in [-0.25, -0.2) is 9.59 Å². The van der Waals surface area contributed by atoms with Crippen LogP contribution in [0.5, 0.6) is 0 Å². The van der Waals surface area contributed by atoms with Crippen LogP contribution in [0, 0.1) is 10.1 Å². The first-order valence-electron chi connectivity index (χ1n) is 15.2. The third-order valence-electron chi connectivity index (χ3n) is 6.93. The quantitative estimate of drug-likeness (QED) is 0.195. The van der Waals surface area contributed by atoms with Gasteiger partial charge < -0.3 is 35.6 Å². The molecule has 4 N–H and O–H groups in total. The van der Waals surface area contributed by atoms with Crippen molar-refractivity contribution >= 4 is 34.9 Å². The van der Waals surface area contributed by atoms with E-state index in [1.165, 1.54) is 6.07 Å². The van der Waals surface area contributed by atoms with Gasteiger partial charge in [-0.1, -0.05) is 24.3 Å². The van der Waals surface area contributed by atoms with Crippen molar-refractivity contribution in [2.24, 2.45) is 0 Å². The Labute approximate surface area is 260 Å². The highest BCUT2D eigenvalue weighted by Crippen LogP contribution is 2.26. The number of hydrogen-bond donors (Lipinski definition) is 3. The predicted molar refractivity (Wildman–Crippen MR) is 173 cm³/mol. The number of nitro groups is 1. The Morgan fingerprint density at radius 2 is 1.23 bits per heavy atom. The molecule has 0 spiro atoms. The molecule has 2 aliphatic rings. The lowest BCUT2D eigenvalue weighted by Gasteiger charge is -2.35. The first-order chi connectivity index (χ1) is 20.6. The van der Waals surface area contributed by atoms with Gasteiger partial charge in [0.25, 0.3) is 5.69 Å². The smallest absolute Gasteiger partial charge is 0.410 e. The zero-order valence-corrected chi connectivity index (χ0v) is 26.8. The zero-order chi connectivity index (χ0) is 32.5. The van der Waals surface area contributed by atoms with E-state index in [9.17, 15) is 19.7 Å². The topological polar surface area (TPSA) is 152 Å². The van der Waals surface area contributed by atoms with Crippen LogP contribution in [0.2, 0.25) is 0 Å². The summed E-state index contributed by atoms with van der Waals surface area (Å²) >= 11 is 0. The van der Waals surface area contributed by atoms with Crippen LogP contribution in [0.15, 0.2) is 48.5 Å². The van der Waals surface area contributed by atoms with Gasteiger partial charge in [0.15, 0.2) is 0 Å². The van der Waals surface area contributed by atoms with Gasteiger partial charge in [-0.3, -0.25) is 10.1 Å². The molecule has 2 aliphatic heterocycles. The molecule has 242 valence electrons. The predicted octanol–water partition coefficient (Wildman–Crippen LogP) is 6.49. The van der Waals surface area contributed by atoms with E-state index in [4.69, 9.17) is 15.2 Å². The molecule has 12 nitrogen and oxygen atoms in total. The lowest BCUT2D eigenvalue weighted by Crippen LogP contribution is -2.47. The number of nitro benzene ring substituents is 1. The van der Waals surface area contributed by atoms with Crippen molar-refractivity contribution in [1.82, 2.24) is 9.80 Å². The Morgan fingerprint density at radius 1 is 0.795 bits per heavy atom. The molecule has 0 saturated carbocycles. The number of benzene rings is 2. The molecule has 2 aromatic carbocycles. The fourth-order valence-electron chi connectivity index (χ4n) is 5.00. The van der Waals surface area contributed by atoms with Gasteiger partial charge in [0.05, 0.1) is 16.3 Å². The van der Waals surface area contributed by atoms with Gasteiger partial charge in [0, 0.05) is 44.3 Å². The van der Waals surface area contributed by atoms with Crippen molar-refractivity contribution in [3.05, 3.63) is 58.6 Å². The molecule has 1 unspecified atom stereocenters. The number of nitrogens with zero attached hydrogens (tertiary/aromatic N) is 3. The zero-order valence-electron chi connectivity index (χ0n) is 26.8. The minimum absolute atomic E-state index is 0.0302. The van der Waals surface area contributed by atoms with Crippen LogP contribution in [0.4, 0.5) is 32.3 Å². The summed E-state index contributed by atoms with van der Waals surface area (Å²) < 4.78 is 10.8. The highest BCUT2D eigenvalue weighted by atomic mass is 16.6. The number of nitrogen functional groups attached to an aromatic ring is 1. The number of nitrogens with two attached hydrogens (primary N) is 1. The van der Waals surface area contributed by atoms with Gasteiger partial charge >= 0.3 is 12.2 Å². The highest BCUT2D eigenvalue weighted by molar-refractivity contribution is 5.70. The molecule has 0 radical (unpaired) electrons. The van der Waals surface area contributed by atoms with E-state index >= 15 is 0 Å². The second-order valence-corrected chi connectivity index (χ2v) is 13.2. The summed E-state index contributed by atoms with van der Waals surface area (Å²) in [5, 5.41) is 17.7. The van der Waals surface area contributed by atoms with E-state index in [2.05, 4.69) is 10.6 Å². The molecule has 2 atom stereocenters. The van der Waals surface area contributed by atoms with Crippen LogP contribution >= 0.6 is 0 Å². The Hall–Kier alpha value is -4.22. The number of carbonyl (C=O) groups excluding carboxylic acids is 2. The minimum atomic E-state index is -0.532. The number of piperidine rings is 2. The normalized spacial score (nSPS) is 18.8. The molecule has 2 saturated heterocycles. The van der Waals surface area contributed by atoms with Gasteiger partial charge in [0.2, 0.25) is 0 Å². The van der Waals surface area contributed by atoms with Crippen LogP contribution in [0.1, 0.15) is 67.2 Å². The van der Waals surface area contributed by atoms with E-state index < -0.39 is 16.1 Å². The van der Waals surface area contributed by atoms with Gasteiger partial charge in [-0.15, -0.1) is 0 Å². The minimum Gasteiger partial charge on any atom is -0.444 e. The fraction of sp³-hybridized carbons (Fsp3) is 0.562. The first kappa shape index (κ1) is 34.3. The molecule has 4 rings (SSSR count). The number of nitrogens with one attached hydrogen (secondary N) is 2. The lowest BCUT2D eigenvalue weighted by atomic mass is 10.1. The van der Waals surface area contributed by atoms with E-state index in [0.29, 0.717) is 25.3 Å². The van der Waals surface area contributed by atoms with Crippen LogP contribution in [0.25, 0.3) is 0 Å². The Balaban J connectivity index is 0.000000241. The van der Waals surface area contributed by atoms with Crippen LogP contribution < -0.4 is 16.4 Å². The third-order valence-corrected chi connectivity index (χ3v) is 6.93. The van der Waals surface area contributed by atoms with Gasteiger partial charge in [-0.05, 0) is 85.4 Å². The molecule has 12 heteroatoms. The summed E-state index contributed by atoms with van der Waals surface area (Å²) in [6.45, 7) is 13.7. The largest absolute Gasteiger partial charge is 0.444 e. The number of anilines is 3. The molecule has 0 aromatic heterocycles. The number of rotatable bonds is 5. The van der Waals surface area contributed by atoms with Gasteiger partial charge in [-0.2, -0.15) is 0 Å². The average Bonchev–Trinajstić information content (AvgIpc) is 2.93. The number of amides is 2. The third kappa shape index (κ3) is 11.1. The molecule has 2 amide bonds. The standard InChI is InChI=1S/C16H23N3O4.C16H25N3O2/c1-16(2,3)23-15(20)18-10-6-7-12(11-18)17-13-8-4-5-9-14(13)19(21)22;1-16(2,3)21-15(20)19-10-6-7-12(11-19)18-14-9-5-4-8-13(14)17/h4-5,8-9,12,17H,6-7,10-11H2,1-3H3;4-5,8-9,12,18H,6-7,10-11,17H2,1-3H3/t;12-/m.1/s1. The lowest BCUT2D eigenvalue weighted by molar-refractivity contribution is -0.384. The summed E-state index contributed by atoms with van der Waals surface area (Å²) in [7, 11) is 0. The average molecular weight is 613 g/mol. The fourth-order valence-corrected chi connectivity index (χ4v) is 5.00. The maximum atomic E-state index is 12.2. The molecule has 44 heavy (non-hydrogen) atoms. The van der Waals surface area contributed by atoms with Crippen molar-refractivity contribution in [2.75, 3.05) is 42.5 Å². The second kappa shape index (κ2) is 15.0. The van der Waals surface area contributed by atoms with Crippen molar-refractivity contribution in [2.45, 2.75) is 90.5 Å². The molecule has 2 heterocycles. The van der Waals surface area contributed by atoms with E-state index in [-0.39, 0.29) is 30.0 Å². The number of hydrogen-bond acceptors (Lipinski definition) is 9. The van der Waals surface area contributed by atoms with E-state index in [1.807, 2.05) is 65.8 Å². The Bertz CT molecular complexity index is 1270. The SMILES string of the molecule is CC(C)(C)OC(=O)N1CCCC(Nc2ccccc2[N+](=O)[O-])C1.CC(C)(C)OC(=O)N1CCC[C@@H](Nc2ccccc2N)C1. The Kier molecular flexibility index (Phi) is 11.7. The van der Waals surface area contributed by atoms with Crippen LogP contribution in [-0.2, 0) is 9.47 Å². The second-order valence-electron chi connectivity index (χ2n) is 13.2. The molecule has 2 aromatic rings. The highest BCUT2D eigenvalue weighted by Gasteiger charge is 2.29. The molecular weight excluding hydrogens is 564 g/mol. The van der Waals surface area contributed by atoms with Crippen molar-refractivity contribution in [1.29, 1.82) is 0 Å². The molecular formula is C32H48N6O6. The summed E-state index contributed by atoms with van der Waals surface area (Å²) in [6.07, 6.45) is 3.08. The number of carbonyl (C=O) groups is 2. The summed E-state index contributed by atoms with van der Waals surface area (Å²) in [4.78, 5) is 38.4. The van der Waals surface area contributed by atoms with Crippen molar-refractivity contribution in [3.63, 3.8) is 0 Å². The van der Waals surface area contributed by atoms with Crippen molar-refractivity contribution < 1.29 is 24.0 Å². The van der Waals surface area contributed by atoms with Crippen LogP contribution in [-0.4, -0.2) is 76.4 Å². The summed E-state index contributed by atoms with van der Waals surface area (Å²) in [5.74, 6) is 0. The monoisotopic (exact) mass is 612 g/mol. The van der Waals surface area contributed by atoms with E-state index in [0.717, 1.165) is 43.6 Å². The van der Waals surface area contributed by atoms with Gasteiger partial charge in [0.1, 0.15) is 16.9 Å². The molecule has 0 aliphatic carbocycles. The molecule has 2 fully saturated rings. The van der Waals surface area contributed by atoms with Crippen LogP contribution in [0.3, 0.4) is 0 Å². The molecule has 0 bridgehead atoms. The number of ether oxygens (including phenoxy) is 2. The number of likely N-dealkylation sites (tertiary alicyclic amines) is 2. The maximum absolute atomic E-state index is 12.2. The van der Waals surface area contributed by atoms with E-state index in [1.54, 1.807) is 28.0 Å². The van der Waals surface area contributed by atoms with Crippen molar-refractivity contribution in [3.8, 4) is 0 Å². The Morgan fingerprint density at radius 3 is 1.68 bits per heavy atom. The summed E-state index contributed by atoms with van der Waals surface area (Å²) in [6, 6.07) is 14.4. The summed E-state index contributed by atoms with van der Waals surface area (Å²) in [5.41, 5.74) is 7.14. The maximum Gasteiger partial charge on any atom is 0.410 e. The number of para-hydroxylation sites is 4.